The second kappa shape index (κ2) is 7.14. The Balaban J connectivity index is 3.40. The van der Waals surface area contributed by atoms with Crippen LogP contribution in [0.5, 0.6) is 0 Å². The van der Waals surface area contributed by atoms with E-state index in [1.807, 2.05) is 18.9 Å². The van der Waals surface area contributed by atoms with Gasteiger partial charge in [-0.1, -0.05) is 6.92 Å². The summed E-state index contributed by atoms with van der Waals surface area (Å²) in [5.74, 6) is -1.05. The Labute approximate surface area is 83.3 Å². The molecule has 3 N–H and O–H groups in total. The van der Waals surface area contributed by atoms with Crippen molar-refractivity contribution < 1.29 is 14.7 Å². The minimum absolute atomic E-state index is 0.352. The second-order valence-corrected chi connectivity index (χ2v) is 2.90. The van der Waals surface area contributed by atoms with Crippen molar-refractivity contribution in [2.45, 2.75) is 6.92 Å². The molecule has 0 radical (unpaired) electrons. The van der Waals surface area contributed by atoms with Gasteiger partial charge in [-0.05, 0) is 13.6 Å². The van der Waals surface area contributed by atoms with Gasteiger partial charge in [0.15, 0.2) is 0 Å². The smallest absolute Gasteiger partial charge is 0.323 e. The number of hydrogen-bond donors (Lipinski definition) is 3. The topological polar surface area (TPSA) is 81.7 Å². The molecule has 0 heterocycles. The molecule has 0 aliphatic heterocycles. The van der Waals surface area contributed by atoms with Gasteiger partial charge in [-0.2, -0.15) is 0 Å². The first-order valence-electron chi connectivity index (χ1n) is 4.48. The standard InChI is InChI=1S/C8H17N3O3/c1-3-11(2)5-4-9-8(14)10-6-7(12)13/h3-6H2,1-2H3,(H,12,13)(H2,9,10,14). The van der Waals surface area contributed by atoms with Crippen LogP contribution >= 0.6 is 0 Å². The average Bonchev–Trinajstić information content (AvgIpc) is 2.14. The molecule has 0 aliphatic rings. The van der Waals surface area contributed by atoms with Crippen molar-refractivity contribution in [3.05, 3.63) is 0 Å². The van der Waals surface area contributed by atoms with Gasteiger partial charge in [-0.25, -0.2) is 4.79 Å². The zero-order valence-corrected chi connectivity index (χ0v) is 8.54. The molecule has 0 spiro atoms. The van der Waals surface area contributed by atoms with Crippen molar-refractivity contribution in [3.8, 4) is 0 Å². The quantitative estimate of drug-likeness (QED) is 0.534. The maximum Gasteiger partial charge on any atom is 0.323 e. The number of aliphatic carboxylic acids is 1. The highest BCUT2D eigenvalue weighted by Crippen LogP contribution is 1.77. The van der Waals surface area contributed by atoms with Crippen LogP contribution in [0, 0.1) is 0 Å². The lowest BCUT2D eigenvalue weighted by molar-refractivity contribution is -0.135. The van der Waals surface area contributed by atoms with E-state index in [-0.39, 0.29) is 6.54 Å². The van der Waals surface area contributed by atoms with Gasteiger partial charge in [-0.3, -0.25) is 4.79 Å². The van der Waals surface area contributed by atoms with Crippen LogP contribution in [0.15, 0.2) is 0 Å². The van der Waals surface area contributed by atoms with Gasteiger partial charge in [0.2, 0.25) is 0 Å². The Bertz CT molecular complexity index is 196. The van der Waals surface area contributed by atoms with Gasteiger partial charge in [-0.15, -0.1) is 0 Å². The summed E-state index contributed by atoms with van der Waals surface area (Å²) in [5.41, 5.74) is 0. The van der Waals surface area contributed by atoms with E-state index in [2.05, 4.69) is 10.6 Å². The molecular weight excluding hydrogens is 186 g/mol. The van der Waals surface area contributed by atoms with Crippen molar-refractivity contribution >= 4 is 12.0 Å². The molecule has 6 heteroatoms. The Kier molecular flexibility index (Phi) is 6.47. The van der Waals surface area contributed by atoms with E-state index in [9.17, 15) is 9.59 Å². The number of amides is 2. The molecule has 0 saturated heterocycles. The molecule has 0 unspecified atom stereocenters. The molecule has 0 saturated carbocycles. The number of hydrogen-bond acceptors (Lipinski definition) is 3. The number of urea groups is 1. The van der Waals surface area contributed by atoms with E-state index in [1.165, 1.54) is 0 Å². The van der Waals surface area contributed by atoms with Gasteiger partial charge in [0, 0.05) is 13.1 Å². The number of rotatable bonds is 6. The third-order valence-corrected chi connectivity index (χ3v) is 1.72. The van der Waals surface area contributed by atoms with Crippen molar-refractivity contribution in [1.82, 2.24) is 15.5 Å². The molecule has 0 rings (SSSR count). The molecule has 82 valence electrons. The van der Waals surface area contributed by atoms with Crippen LogP contribution in [0.25, 0.3) is 0 Å². The summed E-state index contributed by atoms with van der Waals surface area (Å²) in [6, 6.07) is -0.447. The Morgan fingerprint density at radius 2 is 2.00 bits per heavy atom. The van der Waals surface area contributed by atoms with E-state index in [0.29, 0.717) is 6.54 Å². The highest BCUT2D eigenvalue weighted by Gasteiger charge is 2.02. The number of likely N-dealkylation sites (N-methyl/N-ethyl adjacent to an activating group) is 1. The molecule has 0 aliphatic carbocycles. The molecule has 6 nitrogen and oxygen atoms in total. The highest BCUT2D eigenvalue weighted by molar-refractivity contribution is 5.79. The fraction of sp³-hybridized carbons (Fsp3) is 0.750. The zero-order chi connectivity index (χ0) is 11.0. The SMILES string of the molecule is CCN(C)CCNC(=O)NCC(=O)O. The van der Waals surface area contributed by atoms with Crippen LogP contribution in [-0.4, -0.2) is 55.2 Å². The lowest BCUT2D eigenvalue weighted by atomic mass is 10.5. The third-order valence-electron chi connectivity index (χ3n) is 1.72. The lowest BCUT2D eigenvalue weighted by Crippen LogP contribution is -2.41. The second-order valence-electron chi connectivity index (χ2n) is 2.90. The maximum absolute atomic E-state index is 10.9. The number of carboxylic acids is 1. The minimum atomic E-state index is -1.05. The molecule has 0 fully saturated rings. The van der Waals surface area contributed by atoms with Crippen molar-refractivity contribution in [1.29, 1.82) is 0 Å². The number of nitrogens with zero attached hydrogens (tertiary/aromatic N) is 1. The van der Waals surface area contributed by atoms with Crippen molar-refractivity contribution in [3.63, 3.8) is 0 Å². The fourth-order valence-electron chi connectivity index (χ4n) is 0.737. The average molecular weight is 203 g/mol. The summed E-state index contributed by atoms with van der Waals surface area (Å²) in [7, 11) is 1.94. The largest absolute Gasteiger partial charge is 0.480 e. The summed E-state index contributed by atoms with van der Waals surface area (Å²) in [5, 5.41) is 13.0. The summed E-state index contributed by atoms with van der Waals surface area (Å²) in [4.78, 5) is 23.0. The Morgan fingerprint density at radius 3 is 2.50 bits per heavy atom. The van der Waals surface area contributed by atoms with Crippen LogP contribution in [-0.2, 0) is 4.79 Å². The molecule has 0 aromatic carbocycles. The minimum Gasteiger partial charge on any atom is -0.480 e. The molecule has 0 bridgehead atoms. The summed E-state index contributed by atoms with van der Waals surface area (Å²) >= 11 is 0. The van der Waals surface area contributed by atoms with Gasteiger partial charge >= 0.3 is 12.0 Å². The van der Waals surface area contributed by atoms with E-state index in [4.69, 9.17) is 5.11 Å². The fourth-order valence-corrected chi connectivity index (χ4v) is 0.737. The van der Waals surface area contributed by atoms with E-state index < -0.39 is 12.0 Å². The van der Waals surface area contributed by atoms with Gasteiger partial charge in [0.05, 0.1) is 0 Å². The number of carbonyl (C=O) groups excluding carboxylic acids is 1. The van der Waals surface area contributed by atoms with E-state index in [0.717, 1.165) is 13.1 Å². The first kappa shape index (κ1) is 12.7. The molecule has 2 amide bonds. The summed E-state index contributed by atoms with van der Waals surface area (Å²) < 4.78 is 0. The number of carbonyl (C=O) groups is 2. The maximum atomic E-state index is 10.9. The van der Waals surface area contributed by atoms with Crippen LogP contribution < -0.4 is 10.6 Å². The first-order valence-corrected chi connectivity index (χ1v) is 4.48. The number of nitrogens with one attached hydrogen (secondary N) is 2. The Hall–Kier alpha value is -1.30. The zero-order valence-electron chi connectivity index (χ0n) is 8.54. The number of carboxylic acid groups (broad SMARTS) is 1. The molecule has 14 heavy (non-hydrogen) atoms. The summed E-state index contributed by atoms with van der Waals surface area (Å²) in [6.45, 7) is 3.84. The van der Waals surface area contributed by atoms with E-state index >= 15 is 0 Å². The predicted molar refractivity (Wildman–Crippen MR) is 52.2 cm³/mol. The van der Waals surface area contributed by atoms with Crippen molar-refractivity contribution in [2.24, 2.45) is 0 Å². The molecule has 0 atom stereocenters. The predicted octanol–water partition coefficient (Wildman–Crippen LogP) is -0.678. The molecule has 0 aromatic heterocycles. The third kappa shape index (κ3) is 7.35. The van der Waals surface area contributed by atoms with Gasteiger partial charge in [0.1, 0.15) is 6.54 Å². The van der Waals surface area contributed by atoms with Gasteiger partial charge < -0.3 is 20.6 Å². The van der Waals surface area contributed by atoms with Crippen molar-refractivity contribution in [2.75, 3.05) is 33.2 Å². The normalized spacial score (nSPS) is 9.93. The lowest BCUT2D eigenvalue weighted by Gasteiger charge is -2.13. The molecular formula is C8H17N3O3. The monoisotopic (exact) mass is 203 g/mol. The van der Waals surface area contributed by atoms with Crippen LogP contribution in [0.4, 0.5) is 4.79 Å². The first-order chi connectivity index (χ1) is 6.56. The van der Waals surface area contributed by atoms with Crippen LogP contribution in [0.2, 0.25) is 0 Å². The molecule has 0 aromatic rings. The highest BCUT2D eigenvalue weighted by atomic mass is 16.4. The van der Waals surface area contributed by atoms with Gasteiger partial charge in [0.25, 0.3) is 0 Å². The Morgan fingerprint density at radius 1 is 1.36 bits per heavy atom. The van der Waals surface area contributed by atoms with Crippen LogP contribution in [0.3, 0.4) is 0 Å². The van der Waals surface area contributed by atoms with E-state index in [1.54, 1.807) is 0 Å². The van der Waals surface area contributed by atoms with Crippen LogP contribution in [0.1, 0.15) is 6.92 Å². The summed E-state index contributed by atoms with van der Waals surface area (Å²) in [6.07, 6.45) is 0.